The molecule has 27 heavy (non-hydrogen) atoms. The predicted molar refractivity (Wildman–Crippen MR) is 123 cm³/mol. The Morgan fingerprint density at radius 2 is 0.963 bits per heavy atom. The van der Waals surface area contributed by atoms with Gasteiger partial charge in [0.2, 0.25) is 0 Å². The molecule has 0 saturated heterocycles. The highest BCUT2D eigenvalue weighted by Crippen LogP contribution is 2.09. The lowest BCUT2D eigenvalue weighted by molar-refractivity contribution is 0.548. The van der Waals surface area contributed by atoms with Crippen molar-refractivity contribution in [1.82, 2.24) is 10.6 Å². The zero-order valence-corrected chi connectivity index (χ0v) is 18.6. The van der Waals surface area contributed by atoms with E-state index >= 15 is 0 Å². The van der Waals surface area contributed by atoms with Crippen LogP contribution < -0.4 is 16.4 Å². The Balaban J connectivity index is 3.03. The summed E-state index contributed by atoms with van der Waals surface area (Å²) in [7, 11) is 0. The molecule has 0 aromatic rings. The van der Waals surface area contributed by atoms with Gasteiger partial charge in [-0.2, -0.15) is 0 Å². The summed E-state index contributed by atoms with van der Waals surface area (Å²) < 4.78 is 0. The van der Waals surface area contributed by atoms with Gasteiger partial charge in [0, 0.05) is 0 Å². The van der Waals surface area contributed by atoms with Crippen LogP contribution in [-0.4, -0.2) is 32.7 Å². The molecule has 0 aliphatic rings. The molecule has 0 aliphatic carbocycles. The van der Waals surface area contributed by atoms with E-state index < -0.39 is 0 Å². The Bertz CT molecular complexity index is 279. The standard InChI is InChI=1S/C24H51N3/c1-2-3-4-5-6-7-8-9-10-11-12-13-14-15-16-17-21-26-23-19-24-27-22-18-20-25/h9-10,26-27H,2-8,11-25H2,1H3. The summed E-state index contributed by atoms with van der Waals surface area (Å²) in [6.07, 6.45) is 26.5. The number of nitrogens with two attached hydrogens (primary N) is 1. The van der Waals surface area contributed by atoms with Gasteiger partial charge in [0.25, 0.3) is 0 Å². The van der Waals surface area contributed by atoms with Crippen molar-refractivity contribution in [3.8, 4) is 0 Å². The molecule has 0 amide bonds. The van der Waals surface area contributed by atoms with Crippen molar-refractivity contribution in [2.45, 2.75) is 110 Å². The molecule has 0 heterocycles. The molecule has 0 saturated carbocycles. The Morgan fingerprint density at radius 3 is 1.52 bits per heavy atom. The van der Waals surface area contributed by atoms with Crippen LogP contribution in [0.2, 0.25) is 0 Å². The highest BCUT2D eigenvalue weighted by Gasteiger charge is 1.93. The third kappa shape index (κ3) is 25.6. The van der Waals surface area contributed by atoms with Gasteiger partial charge in [0.15, 0.2) is 0 Å². The maximum atomic E-state index is 5.47. The SMILES string of the molecule is CCCCCCCCC=CCCCCCCCCNCCCNCCCN. The number of hydrogen-bond donors (Lipinski definition) is 3. The van der Waals surface area contributed by atoms with Crippen LogP contribution in [0.15, 0.2) is 12.2 Å². The zero-order valence-electron chi connectivity index (χ0n) is 18.6. The van der Waals surface area contributed by atoms with E-state index in [9.17, 15) is 0 Å². The minimum Gasteiger partial charge on any atom is -0.330 e. The van der Waals surface area contributed by atoms with E-state index in [1.54, 1.807) is 0 Å². The summed E-state index contributed by atoms with van der Waals surface area (Å²) in [4.78, 5) is 0. The van der Waals surface area contributed by atoms with Crippen molar-refractivity contribution in [3.63, 3.8) is 0 Å². The number of hydrogen-bond acceptors (Lipinski definition) is 3. The lowest BCUT2D eigenvalue weighted by Crippen LogP contribution is -2.24. The van der Waals surface area contributed by atoms with E-state index in [0.29, 0.717) is 0 Å². The number of allylic oxidation sites excluding steroid dienone is 2. The van der Waals surface area contributed by atoms with Crippen LogP contribution in [0.5, 0.6) is 0 Å². The third-order valence-corrected chi connectivity index (χ3v) is 5.13. The second kappa shape index (κ2) is 25.6. The average molecular weight is 382 g/mol. The first-order valence-electron chi connectivity index (χ1n) is 12.2. The summed E-state index contributed by atoms with van der Waals surface area (Å²) in [6, 6.07) is 0. The fourth-order valence-electron chi connectivity index (χ4n) is 3.31. The molecule has 0 fully saturated rings. The van der Waals surface area contributed by atoms with Crippen molar-refractivity contribution in [2.24, 2.45) is 5.73 Å². The van der Waals surface area contributed by atoms with Crippen LogP contribution >= 0.6 is 0 Å². The van der Waals surface area contributed by atoms with Crippen molar-refractivity contribution in [2.75, 3.05) is 32.7 Å². The quantitative estimate of drug-likeness (QED) is 0.152. The van der Waals surface area contributed by atoms with E-state index in [4.69, 9.17) is 5.73 Å². The van der Waals surface area contributed by atoms with E-state index in [2.05, 4.69) is 29.7 Å². The Labute approximate surface area is 171 Å². The fraction of sp³-hybridized carbons (Fsp3) is 0.917. The molecule has 162 valence electrons. The Kier molecular flexibility index (Phi) is 25.3. The monoisotopic (exact) mass is 381 g/mol. The van der Waals surface area contributed by atoms with Crippen LogP contribution in [0.25, 0.3) is 0 Å². The average Bonchev–Trinajstić information content (AvgIpc) is 2.68. The molecule has 0 spiro atoms. The summed E-state index contributed by atoms with van der Waals surface area (Å²) in [5, 5.41) is 6.97. The first-order valence-corrected chi connectivity index (χ1v) is 12.2. The van der Waals surface area contributed by atoms with Gasteiger partial charge in [-0.25, -0.2) is 0 Å². The highest BCUT2D eigenvalue weighted by atomic mass is 14.9. The molecule has 4 N–H and O–H groups in total. The topological polar surface area (TPSA) is 50.1 Å². The minimum atomic E-state index is 0.793. The lowest BCUT2D eigenvalue weighted by Gasteiger charge is -2.06. The molecule has 3 nitrogen and oxygen atoms in total. The number of unbranched alkanes of at least 4 members (excludes halogenated alkanes) is 12. The predicted octanol–water partition coefficient (Wildman–Crippen LogP) is 5.94. The third-order valence-electron chi connectivity index (χ3n) is 5.13. The maximum Gasteiger partial charge on any atom is -0.00368 e. The molecular formula is C24H51N3. The molecule has 0 rings (SSSR count). The van der Waals surface area contributed by atoms with Gasteiger partial charge < -0.3 is 16.4 Å². The zero-order chi connectivity index (χ0) is 19.7. The minimum absolute atomic E-state index is 0.793. The van der Waals surface area contributed by atoms with Crippen LogP contribution in [0.1, 0.15) is 110 Å². The van der Waals surface area contributed by atoms with Gasteiger partial charge in [-0.1, -0.05) is 76.9 Å². The van der Waals surface area contributed by atoms with Crippen molar-refractivity contribution >= 4 is 0 Å². The molecule has 3 heteroatoms. The van der Waals surface area contributed by atoms with Crippen LogP contribution in [0, 0.1) is 0 Å². The van der Waals surface area contributed by atoms with E-state index in [0.717, 1.165) is 32.6 Å². The van der Waals surface area contributed by atoms with Gasteiger partial charge in [-0.3, -0.25) is 0 Å². The van der Waals surface area contributed by atoms with Gasteiger partial charge >= 0.3 is 0 Å². The molecule has 0 aromatic heterocycles. The molecule has 0 aliphatic heterocycles. The van der Waals surface area contributed by atoms with Gasteiger partial charge in [-0.05, 0) is 77.7 Å². The van der Waals surface area contributed by atoms with Crippen LogP contribution in [-0.2, 0) is 0 Å². The largest absolute Gasteiger partial charge is 0.330 e. The smallest absolute Gasteiger partial charge is 0.00368 e. The summed E-state index contributed by atoms with van der Waals surface area (Å²) in [5.74, 6) is 0. The van der Waals surface area contributed by atoms with E-state index in [1.807, 2.05) is 0 Å². The van der Waals surface area contributed by atoms with E-state index in [1.165, 1.54) is 103 Å². The second-order valence-corrected chi connectivity index (χ2v) is 7.93. The number of nitrogens with one attached hydrogen (secondary N) is 2. The number of rotatable bonds is 23. The molecule has 0 radical (unpaired) electrons. The van der Waals surface area contributed by atoms with Crippen molar-refractivity contribution < 1.29 is 0 Å². The maximum absolute atomic E-state index is 5.47. The van der Waals surface area contributed by atoms with Crippen molar-refractivity contribution in [1.29, 1.82) is 0 Å². The van der Waals surface area contributed by atoms with E-state index in [-0.39, 0.29) is 0 Å². The summed E-state index contributed by atoms with van der Waals surface area (Å²) in [5.41, 5.74) is 5.47. The Hall–Kier alpha value is -0.380. The van der Waals surface area contributed by atoms with Crippen LogP contribution in [0.4, 0.5) is 0 Å². The Morgan fingerprint density at radius 1 is 0.519 bits per heavy atom. The fourth-order valence-corrected chi connectivity index (χ4v) is 3.31. The lowest BCUT2D eigenvalue weighted by atomic mass is 10.1. The first-order chi connectivity index (χ1) is 13.4. The summed E-state index contributed by atoms with van der Waals surface area (Å²) in [6.45, 7) is 7.57. The molecular weight excluding hydrogens is 330 g/mol. The van der Waals surface area contributed by atoms with Gasteiger partial charge in [0.1, 0.15) is 0 Å². The molecule has 0 unspecified atom stereocenters. The van der Waals surface area contributed by atoms with Gasteiger partial charge in [0.05, 0.1) is 0 Å². The van der Waals surface area contributed by atoms with Crippen molar-refractivity contribution in [3.05, 3.63) is 12.2 Å². The summed E-state index contributed by atoms with van der Waals surface area (Å²) >= 11 is 0. The molecule has 0 bridgehead atoms. The second-order valence-electron chi connectivity index (χ2n) is 7.93. The molecule has 0 atom stereocenters. The van der Waals surface area contributed by atoms with Crippen LogP contribution in [0.3, 0.4) is 0 Å². The highest BCUT2D eigenvalue weighted by molar-refractivity contribution is 4.81. The molecule has 0 aromatic carbocycles. The van der Waals surface area contributed by atoms with Gasteiger partial charge in [-0.15, -0.1) is 0 Å². The first kappa shape index (κ1) is 26.6. The normalized spacial score (nSPS) is 11.6.